The fourth-order valence-electron chi connectivity index (χ4n) is 2.72. The molecule has 0 aliphatic heterocycles. The fourth-order valence-corrected chi connectivity index (χ4v) is 2.91. The fraction of sp³-hybridized carbons (Fsp3) is 0.364. The van der Waals surface area contributed by atoms with Crippen molar-refractivity contribution in [2.45, 2.75) is 19.5 Å². The number of carbonyl (C=O) groups excluding carboxylic acids is 2. The lowest BCUT2D eigenvalue weighted by molar-refractivity contribution is -0.142. The van der Waals surface area contributed by atoms with Gasteiger partial charge in [-0.15, -0.1) is 0 Å². The molecule has 0 unspecified atom stereocenters. The van der Waals surface area contributed by atoms with Crippen molar-refractivity contribution >= 4 is 23.4 Å². The Hall–Kier alpha value is -2.77. The summed E-state index contributed by atoms with van der Waals surface area (Å²) >= 11 is 6.09. The van der Waals surface area contributed by atoms with Gasteiger partial charge in [0.05, 0.1) is 18.7 Å². The summed E-state index contributed by atoms with van der Waals surface area (Å²) in [7, 11) is 3.14. The standard InChI is InChI=1S/C22H27ClN2O5/c1-16(22(27)24-12-13-28-2)25(14-17-8-10-18(29-3)11-9-17)21(26)15-30-20-7-5-4-6-19(20)23/h4-11,16H,12-15H2,1-3H3,(H,24,27)/t16-/m1/s1. The van der Waals surface area contributed by atoms with Gasteiger partial charge in [-0.05, 0) is 36.8 Å². The van der Waals surface area contributed by atoms with Crippen molar-refractivity contribution in [2.24, 2.45) is 0 Å². The SMILES string of the molecule is COCCNC(=O)[C@@H](C)N(Cc1ccc(OC)cc1)C(=O)COc1ccccc1Cl. The second kappa shape index (κ2) is 12.0. The van der Waals surface area contributed by atoms with E-state index in [2.05, 4.69) is 5.32 Å². The van der Waals surface area contributed by atoms with Gasteiger partial charge in [0, 0.05) is 20.2 Å². The molecule has 0 radical (unpaired) electrons. The second-order valence-corrected chi connectivity index (χ2v) is 6.96. The number of rotatable bonds is 11. The summed E-state index contributed by atoms with van der Waals surface area (Å²) in [6, 6.07) is 13.5. The van der Waals surface area contributed by atoms with E-state index in [0.29, 0.717) is 29.7 Å². The van der Waals surface area contributed by atoms with E-state index in [4.69, 9.17) is 25.8 Å². The number of benzene rings is 2. The van der Waals surface area contributed by atoms with Crippen molar-refractivity contribution in [2.75, 3.05) is 34.0 Å². The Morgan fingerprint density at radius 2 is 1.80 bits per heavy atom. The number of nitrogens with one attached hydrogen (secondary N) is 1. The van der Waals surface area contributed by atoms with E-state index < -0.39 is 6.04 Å². The molecule has 0 aromatic heterocycles. The van der Waals surface area contributed by atoms with Crippen LogP contribution in [0.3, 0.4) is 0 Å². The molecule has 2 aromatic carbocycles. The van der Waals surface area contributed by atoms with Crippen molar-refractivity contribution in [3.05, 3.63) is 59.1 Å². The summed E-state index contributed by atoms with van der Waals surface area (Å²) in [5, 5.41) is 3.18. The maximum atomic E-state index is 13.0. The molecule has 2 aromatic rings. The van der Waals surface area contributed by atoms with Gasteiger partial charge < -0.3 is 24.4 Å². The lowest BCUT2D eigenvalue weighted by Gasteiger charge is -2.28. The normalized spacial score (nSPS) is 11.5. The number of halogens is 1. The molecule has 30 heavy (non-hydrogen) atoms. The van der Waals surface area contributed by atoms with Crippen LogP contribution in [-0.2, 0) is 20.9 Å². The van der Waals surface area contributed by atoms with Gasteiger partial charge in [0.2, 0.25) is 5.91 Å². The molecule has 0 bridgehead atoms. The first-order chi connectivity index (χ1) is 14.5. The highest BCUT2D eigenvalue weighted by molar-refractivity contribution is 6.32. The van der Waals surface area contributed by atoms with E-state index in [1.165, 1.54) is 4.90 Å². The van der Waals surface area contributed by atoms with Gasteiger partial charge in [-0.25, -0.2) is 0 Å². The summed E-state index contributed by atoms with van der Waals surface area (Å²) in [5.74, 6) is 0.518. The highest BCUT2D eigenvalue weighted by atomic mass is 35.5. The maximum absolute atomic E-state index is 13.0. The van der Waals surface area contributed by atoms with Gasteiger partial charge in [-0.1, -0.05) is 35.9 Å². The first kappa shape index (κ1) is 23.5. The number of methoxy groups -OCH3 is 2. The number of hydrogen-bond donors (Lipinski definition) is 1. The Balaban J connectivity index is 2.12. The van der Waals surface area contributed by atoms with E-state index in [0.717, 1.165) is 5.56 Å². The van der Waals surface area contributed by atoms with Crippen LogP contribution in [0.2, 0.25) is 5.02 Å². The van der Waals surface area contributed by atoms with Crippen molar-refractivity contribution in [1.82, 2.24) is 10.2 Å². The highest BCUT2D eigenvalue weighted by Crippen LogP contribution is 2.23. The first-order valence-electron chi connectivity index (χ1n) is 9.52. The monoisotopic (exact) mass is 434 g/mol. The van der Waals surface area contributed by atoms with Gasteiger partial charge in [0.15, 0.2) is 6.61 Å². The number of nitrogens with zero attached hydrogens (tertiary/aromatic N) is 1. The Bertz CT molecular complexity index is 829. The molecule has 0 aliphatic rings. The Kier molecular flexibility index (Phi) is 9.44. The van der Waals surface area contributed by atoms with Crippen LogP contribution in [0.5, 0.6) is 11.5 Å². The third-order valence-electron chi connectivity index (χ3n) is 4.47. The van der Waals surface area contributed by atoms with Crippen molar-refractivity contribution in [3.63, 3.8) is 0 Å². The van der Waals surface area contributed by atoms with Crippen LogP contribution in [0.25, 0.3) is 0 Å². The average Bonchev–Trinajstić information content (AvgIpc) is 2.76. The minimum Gasteiger partial charge on any atom is -0.497 e. The van der Waals surface area contributed by atoms with Crippen molar-refractivity contribution in [1.29, 1.82) is 0 Å². The maximum Gasteiger partial charge on any atom is 0.261 e. The molecule has 0 saturated heterocycles. The largest absolute Gasteiger partial charge is 0.497 e. The van der Waals surface area contributed by atoms with Crippen LogP contribution in [0.15, 0.2) is 48.5 Å². The molecule has 8 heteroatoms. The van der Waals surface area contributed by atoms with Gasteiger partial charge in [0.1, 0.15) is 17.5 Å². The number of amides is 2. The third kappa shape index (κ3) is 6.93. The molecule has 0 aliphatic carbocycles. The minimum atomic E-state index is -0.702. The highest BCUT2D eigenvalue weighted by Gasteiger charge is 2.26. The lowest BCUT2D eigenvalue weighted by Crippen LogP contribution is -2.49. The molecule has 2 amide bonds. The van der Waals surface area contributed by atoms with Gasteiger partial charge in [0.25, 0.3) is 5.91 Å². The minimum absolute atomic E-state index is 0.240. The van der Waals surface area contributed by atoms with E-state index in [-0.39, 0.29) is 25.0 Å². The molecular formula is C22H27ClN2O5. The van der Waals surface area contributed by atoms with Gasteiger partial charge >= 0.3 is 0 Å². The molecule has 0 spiro atoms. The Labute approximate surface area is 181 Å². The zero-order valence-corrected chi connectivity index (χ0v) is 18.1. The van der Waals surface area contributed by atoms with Crippen molar-refractivity contribution in [3.8, 4) is 11.5 Å². The molecule has 0 fully saturated rings. The van der Waals surface area contributed by atoms with Crippen molar-refractivity contribution < 1.29 is 23.8 Å². The summed E-state index contributed by atoms with van der Waals surface area (Å²) in [6.07, 6.45) is 0. The smallest absolute Gasteiger partial charge is 0.261 e. The summed E-state index contributed by atoms with van der Waals surface area (Å²) in [6.45, 7) is 2.43. The van der Waals surface area contributed by atoms with E-state index in [1.807, 2.05) is 24.3 Å². The Morgan fingerprint density at radius 3 is 2.43 bits per heavy atom. The molecule has 7 nitrogen and oxygen atoms in total. The lowest BCUT2D eigenvalue weighted by atomic mass is 10.1. The first-order valence-corrected chi connectivity index (χ1v) is 9.90. The molecule has 1 N–H and O–H groups in total. The van der Waals surface area contributed by atoms with Crippen LogP contribution in [0.1, 0.15) is 12.5 Å². The zero-order valence-electron chi connectivity index (χ0n) is 17.4. The third-order valence-corrected chi connectivity index (χ3v) is 4.78. The van der Waals surface area contributed by atoms with E-state index >= 15 is 0 Å². The number of para-hydroxylation sites is 1. The van der Waals surface area contributed by atoms with Crippen LogP contribution >= 0.6 is 11.6 Å². The molecule has 0 saturated carbocycles. The van der Waals surface area contributed by atoms with Gasteiger partial charge in [-0.3, -0.25) is 9.59 Å². The molecule has 1 atom stereocenters. The van der Waals surface area contributed by atoms with Crippen LogP contribution in [-0.4, -0.2) is 56.7 Å². The second-order valence-electron chi connectivity index (χ2n) is 6.55. The molecular weight excluding hydrogens is 408 g/mol. The summed E-state index contributed by atoms with van der Waals surface area (Å²) < 4.78 is 15.7. The Morgan fingerprint density at radius 1 is 1.10 bits per heavy atom. The van der Waals surface area contributed by atoms with Crippen LogP contribution in [0, 0.1) is 0 Å². The van der Waals surface area contributed by atoms with Crippen LogP contribution in [0.4, 0.5) is 0 Å². The topological polar surface area (TPSA) is 77.1 Å². The number of hydrogen-bond acceptors (Lipinski definition) is 5. The van der Waals surface area contributed by atoms with E-state index in [9.17, 15) is 9.59 Å². The van der Waals surface area contributed by atoms with Gasteiger partial charge in [-0.2, -0.15) is 0 Å². The van der Waals surface area contributed by atoms with E-state index in [1.54, 1.807) is 45.4 Å². The molecule has 2 rings (SSSR count). The predicted molar refractivity (Wildman–Crippen MR) is 115 cm³/mol. The number of ether oxygens (including phenoxy) is 3. The number of carbonyl (C=O) groups is 2. The molecule has 0 heterocycles. The predicted octanol–water partition coefficient (Wildman–Crippen LogP) is 2.91. The average molecular weight is 435 g/mol. The quantitative estimate of drug-likeness (QED) is 0.550. The summed E-state index contributed by atoms with van der Waals surface area (Å²) in [4.78, 5) is 27.0. The van der Waals surface area contributed by atoms with Crippen LogP contribution < -0.4 is 14.8 Å². The molecule has 162 valence electrons. The zero-order chi connectivity index (χ0) is 21.9. The summed E-state index contributed by atoms with van der Waals surface area (Å²) in [5.41, 5.74) is 0.860.